The Labute approximate surface area is 203 Å². The maximum absolute atomic E-state index is 12.8. The fourth-order valence-electron chi connectivity index (χ4n) is 4.16. The molecule has 9 nitrogen and oxygen atoms in total. The van der Waals surface area contributed by atoms with Gasteiger partial charge in [-0.1, -0.05) is 0 Å². The third-order valence-corrected chi connectivity index (χ3v) is 6.15. The monoisotopic (exact) mass is 472 g/mol. The Kier molecular flexibility index (Phi) is 6.50. The van der Waals surface area contributed by atoms with Crippen molar-refractivity contribution in [1.82, 2.24) is 15.0 Å². The van der Waals surface area contributed by atoms with Crippen molar-refractivity contribution >= 4 is 34.0 Å². The van der Waals surface area contributed by atoms with Crippen LogP contribution in [0.25, 0.3) is 16.7 Å². The van der Waals surface area contributed by atoms with Crippen molar-refractivity contribution in [1.29, 1.82) is 0 Å². The second kappa shape index (κ2) is 9.54. The quantitative estimate of drug-likeness (QED) is 0.287. The number of fused-ring (bicyclic) bond motifs is 1. The van der Waals surface area contributed by atoms with Gasteiger partial charge in [-0.15, -0.1) is 10.2 Å². The highest BCUT2D eigenvalue weighted by Crippen LogP contribution is 2.26. The van der Waals surface area contributed by atoms with Crippen LogP contribution in [0.15, 0.2) is 48.5 Å². The van der Waals surface area contributed by atoms with Gasteiger partial charge in [0.25, 0.3) is 11.6 Å². The summed E-state index contributed by atoms with van der Waals surface area (Å²) in [6.45, 7) is 11.7. The molecule has 1 aromatic heterocycles. The molecule has 0 spiro atoms. The summed E-state index contributed by atoms with van der Waals surface area (Å²) in [4.78, 5) is 27.3. The lowest BCUT2D eigenvalue weighted by molar-refractivity contribution is -0.385. The van der Waals surface area contributed by atoms with Gasteiger partial charge in [-0.25, -0.2) is 0 Å². The van der Waals surface area contributed by atoms with Gasteiger partial charge in [0.2, 0.25) is 0 Å². The number of nitro groups is 1. The molecule has 0 aliphatic carbocycles. The van der Waals surface area contributed by atoms with Crippen LogP contribution in [0, 0.1) is 30.9 Å². The van der Waals surface area contributed by atoms with Crippen LogP contribution in [0.5, 0.6) is 0 Å². The maximum Gasteiger partial charge on any atom is 0.272 e. The van der Waals surface area contributed by atoms with Crippen LogP contribution < -0.4 is 10.2 Å². The largest absolute Gasteiger partial charge is 0.372 e. The molecule has 0 aliphatic rings. The zero-order chi connectivity index (χ0) is 25.3. The number of anilines is 2. The van der Waals surface area contributed by atoms with Crippen LogP contribution in [0.2, 0.25) is 0 Å². The molecule has 0 bridgehead atoms. The smallest absolute Gasteiger partial charge is 0.272 e. The standard InChI is InChI=1S/C26H28N6O3/c1-6-30(7-2)20-9-11-24(18(5)13-20)31-28-22-14-16(3)21(15-23(22)29-31)27-26(33)19-8-10-25(32(34)35)17(4)12-19/h8-15H,6-7H2,1-5H3,(H,27,33). The van der Waals surface area contributed by atoms with Crippen LogP contribution in [0.1, 0.15) is 40.9 Å². The third kappa shape index (κ3) is 4.70. The van der Waals surface area contributed by atoms with Gasteiger partial charge in [0.05, 0.1) is 10.6 Å². The molecule has 1 heterocycles. The van der Waals surface area contributed by atoms with Crippen LogP contribution in [0.4, 0.5) is 17.1 Å². The van der Waals surface area contributed by atoms with E-state index in [2.05, 4.69) is 46.4 Å². The average Bonchev–Trinajstić information content (AvgIpc) is 3.22. The van der Waals surface area contributed by atoms with Crippen LogP contribution in [-0.2, 0) is 0 Å². The zero-order valence-corrected chi connectivity index (χ0v) is 20.5. The highest BCUT2D eigenvalue weighted by Gasteiger charge is 2.16. The molecule has 0 aliphatic heterocycles. The zero-order valence-electron chi connectivity index (χ0n) is 20.5. The van der Waals surface area contributed by atoms with Crippen LogP contribution >= 0.6 is 0 Å². The van der Waals surface area contributed by atoms with Crippen molar-refractivity contribution < 1.29 is 9.72 Å². The van der Waals surface area contributed by atoms with Crippen molar-refractivity contribution in [2.24, 2.45) is 0 Å². The van der Waals surface area contributed by atoms with Crippen molar-refractivity contribution in [2.75, 3.05) is 23.3 Å². The van der Waals surface area contributed by atoms with E-state index in [-0.39, 0.29) is 11.6 Å². The van der Waals surface area contributed by atoms with Crippen molar-refractivity contribution in [3.63, 3.8) is 0 Å². The van der Waals surface area contributed by atoms with E-state index in [0.29, 0.717) is 22.3 Å². The molecule has 0 atom stereocenters. The first-order chi connectivity index (χ1) is 16.7. The van der Waals surface area contributed by atoms with Gasteiger partial charge in [-0.3, -0.25) is 14.9 Å². The Morgan fingerprint density at radius 1 is 0.943 bits per heavy atom. The van der Waals surface area contributed by atoms with Gasteiger partial charge >= 0.3 is 0 Å². The second-order valence-corrected chi connectivity index (χ2v) is 8.50. The van der Waals surface area contributed by atoms with Crippen LogP contribution in [0.3, 0.4) is 0 Å². The van der Waals surface area contributed by atoms with Gasteiger partial charge in [0.15, 0.2) is 0 Å². The lowest BCUT2D eigenvalue weighted by Gasteiger charge is -2.22. The number of amides is 1. The predicted molar refractivity (Wildman–Crippen MR) is 138 cm³/mol. The molecule has 3 aromatic carbocycles. The first-order valence-electron chi connectivity index (χ1n) is 11.5. The SMILES string of the molecule is CCN(CC)c1ccc(-n2nc3cc(C)c(NC(=O)c4ccc([N+](=O)[O-])c(C)c4)cc3n2)c(C)c1. The van der Waals surface area contributed by atoms with E-state index in [1.165, 1.54) is 18.2 Å². The second-order valence-electron chi connectivity index (χ2n) is 8.50. The van der Waals surface area contributed by atoms with Gasteiger partial charge in [-0.05, 0) is 88.2 Å². The van der Waals surface area contributed by atoms with Crippen molar-refractivity contribution in [2.45, 2.75) is 34.6 Å². The van der Waals surface area contributed by atoms with Crippen molar-refractivity contribution in [3.05, 3.63) is 80.9 Å². The normalized spacial score (nSPS) is 11.0. The number of aromatic nitrogens is 3. The first kappa shape index (κ1) is 23.9. The molecule has 9 heteroatoms. The first-order valence-corrected chi connectivity index (χ1v) is 11.5. The number of hydrogen-bond acceptors (Lipinski definition) is 6. The van der Waals surface area contributed by atoms with E-state index in [4.69, 9.17) is 0 Å². The van der Waals surface area contributed by atoms with Gasteiger partial charge < -0.3 is 10.2 Å². The Bertz CT molecular complexity index is 1440. The van der Waals surface area contributed by atoms with E-state index in [1.54, 1.807) is 17.8 Å². The number of nitrogens with zero attached hydrogens (tertiary/aromatic N) is 5. The Hall–Kier alpha value is -4.27. The fraction of sp³-hybridized carbons (Fsp3) is 0.269. The number of benzene rings is 3. The average molecular weight is 473 g/mol. The maximum atomic E-state index is 12.8. The molecule has 4 rings (SSSR count). The van der Waals surface area contributed by atoms with Gasteiger partial charge in [0.1, 0.15) is 11.0 Å². The number of hydrogen-bond donors (Lipinski definition) is 1. The summed E-state index contributed by atoms with van der Waals surface area (Å²) in [6.07, 6.45) is 0. The van der Waals surface area contributed by atoms with E-state index in [9.17, 15) is 14.9 Å². The number of carbonyl (C=O) groups excluding carboxylic acids is 1. The Morgan fingerprint density at radius 3 is 2.23 bits per heavy atom. The van der Waals surface area contributed by atoms with E-state index in [1.807, 2.05) is 26.0 Å². The number of nitrogens with one attached hydrogen (secondary N) is 1. The van der Waals surface area contributed by atoms with E-state index in [0.717, 1.165) is 41.1 Å². The summed E-state index contributed by atoms with van der Waals surface area (Å²) in [5.41, 5.74) is 6.70. The minimum Gasteiger partial charge on any atom is -0.372 e. The lowest BCUT2D eigenvalue weighted by atomic mass is 10.1. The summed E-state index contributed by atoms with van der Waals surface area (Å²) in [5.74, 6) is -0.347. The molecule has 180 valence electrons. The molecule has 4 aromatic rings. The number of carbonyl (C=O) groups is 1. The minimum absolute atomic E-state index is 0.0174. The summed E-state index contributed by atoms with van der Waals surface area (Å²) < 4.78 is 0. The summed E-state index contributed by atoms with van der Waals surface area (Å²) in [6, 6.07) is 14.2. The van der Waals surface area contributed by atoms with Gasteiger partial charge in [0, 0.05) is 41.7 Å². The number of nitro benzene ring substituents is 1. The highest BCUT2D eigenvalue weighted by atomic mass is 16.6. The third-order valence-electron chi connectivity index (χ3n) is 6.15. The highest BCUT2D eigenvalue weighted by molar-refractivity contribution is 6.05. The van der Waals surface area contributed by atoms with E-state index < -0.39 is 4.92 Å². The Morgan fingerprint density at radius 2 is 1.63 bits per heavy atom. The Balaban J connectivity index is 1.62. The molecule has 35 heavy (non-hydrogen) atoms. The summed E-state index contributed by atoms with van der Waals surface area (Å²) >= 11 is 0. The number of aryl methyl sites for hydroxylation is 3. The lowest BCUT2D eigenvalue weighted by Crippen LogP contribution is -2.21. The summed E-state index contributed by atoms with van der Waals surface area (Å²) in [5, 5.41) is 23.2. The molecule has 0 unspecified atom stereocenters. The molecular weight excluding hydrogens is 444 g/mol. The molecule has 0 radical (unpaired) electrons. The minimum atomic E-state index is -0.461. The van der Waals surface area contributed by atoms with Crippen LogP contribution in [-0.4, -0.2) is 38.9 Å². The summed E-state index contributed by atoms with van der Waals surface area (Å²) in [7, 11) is 0. The molecule has 0 saturated carbocycles. The molecular formula is C26H28N6O3. The van der Waals surface area contributed by atoms with Gasteiger partial charge in [-0.2, -0.15) is 4.80 Å². The van der Waals surface area contributed by atoms with E-state index >= 15 is 0 Å². The van der Waals surface area contributed by atoms with Crippen molar-refractivity contribution in [3.8, 4) is 5.69 Å². The molecule has 1 N–H and O–H groups in total. The molecule has 0 fully saturated rings. The molecule has 1 amide bonds. The topological polar surface area (TPSA) is 106 Å². The predicted octanol–water partition coefficient (Wildman–Crippen LogP) is 5.35. The fourth-order valence-corrected chi connectivity index (χ4v) is 4.16. The number of rotatable bonds is 7. The molecule has 0 saturated heterocycles.